The zero-order chi connectivity index (χ0) is 5.11. The van der Waals surface area contributed by atoms with Crippen LogP contribution in [0.4, 0.5) is 0 Å². The number of aryl methyl sites for hydroxylation is 1. The highest BCUT2D eigenvalue weighted by atomic mass is 15.0. The van der Waals surface area contributed by atoms with E-state index in [9.17, 15) is 0 Å². The van der Waals surface area contributed by atoms with Crippen molar-refractivity contribution in [2.45, 2.75) is 0 Å². The van der Waals surface area contributed by atoms with E-state index in [-0.39, 0.29) is 7.02 Å². The molecule has 0 aliphatic carbocycles. The van der Waals surface area contributed by atoms with Crippen molar-refractivity contribution >= 4 is 0 Å². The molecule has 0 spiro atoms. The van der Waals surface area contributed by atoms with Crippen molar-refractivity contribution in [1.82, 2.24) is 9.55 Å². The van der Waals surface area contributed by atoms with Crippen molar-refractivity contribution in [2.24, 2.45) is 7.02 Å². The molecule has 0 bridgehead atoms. The van der Waals surface area contributed by atoms with Crippen molar-refractivity contribution in [1.29, 1.82) is 0 Å². The molecular formula is C4H6N2. The fraction of sp³-hybridized carbons (Fsp3) is 0.250. The summed E-state index contributed by atoms with van der Waals surface area (Å²) in [7, 11) is 0.264. The normalized spacial score (nSPS) is 11.0. The first-order valence-corrected chi connectivity index (χ1v) is 1.68. The summed E-state index contributed by atoms with van der Waals surface area (Å²) >= 11 is 0. The Morgan fingerprint density at radius 1 is 2.00 bits per heavy atom. The average molecular weight is 84.1 g/mol. The first-order chi connectivity index (χ1) is 3.43. The van der Waals surface area contributed by atoms with Crippen LogP contribution in [-0.2, 0) is 7.02 Å². The van der Waals surface area contributed by atoms with E-state index < -0.39 is 0 Å². The third kappa shape index (κ3) is 0.407. The molecule has 0 aromatic carbocycles. The molecule has 0 unspecified atom stereocenters. The molecule has 0 fully saturated rings. The Balaban J connectivity index is 2.76. The summed E-state index contributed by atoms with van der Waals surface area (Å²) in [5.74, 6) is 0. The molecule has 1 rings (SSSR count). The second-order valence-corrected chi connectivity index (χ2v) is 1.08. The minimum atomic E-state index is 0.264. The summed E-state index contributed by atoms with van der Waals surface area (Å²) in [4.78, 5) is 3.74. The molecule has 0 N–H and O–H groups in total. The first kappa shape index (κ1) is 2.39. The van der Waals surface area contributed by atoms with Gasteiger partial charge in [0.15, 0.2) is 0 Å². The van der Waals surface area contributed by atoms with E-state index in [1.165, 1.54) is 0 Å². The SMILES string of the molecule is [3H]Cn1ccnc1. The molecule has 32 valence electrons. The zero-order valence-electron chi connectivity index (χ0n) is 4.33. The van der Waals surface area contributed by atoms with E-state index in [0.717, 1.165) is 0 Å². The molecule has 1 aromatic rings. The van der Waals surface area contributed by atoms with Crippen LogP contribution >= 0.6 is 0 Å². The van der Waals surface area contributed by atoms with Crippen LogP contribution in [0.1, 0.15) is 1.37 Å². The van der Waals surface area contributed by atoms with Crippen LogP contribution in [0, 0.1) is 0 Å². The monoisotopic (exact) mass is 84.1 g/mol. The highest BCUT2D eigenvalue weighted by Crippen LogP contribution is 1.73. The van der Waals surface area contributed by atoms with Gasteiger partial charge in [-0.15, -0.1) is 0 Å². The first-order valence-electron chi connectivity index (χ1n) is 2.39. The third-order valence-corrected chi connectivity index (χ3v) is 0.559. The predicted octanol–water partition coefficient (Wildman–Crippen LogP) is 0.420. The van der Waals surface area contributed by atoms with Crippen LogP contribution in [0.25, 0.3) is 0 Å². The third-order valence-electron chi connectivity index (χ3n) is 0.559. The predicted molar refractivity (Wildman–Crippen MR) is 23.2 cm³/mol. The minimum Gasteiger partial charge on any atom is -0.341 e. The van der Waals surface area contributed by atoms with Crippen molar-refractivity contribution in [3.63, 3.8) is 0 Å². The van der Waals surface area contributed by atoms with Gasteiger partial charge in [-0.3, -0.25) is 0 Å². The number of hydrogen-bond donors (Lipinski definition) is 0. The largest absolute Gasteiger partial charge is 0.341 e. The summed E-state index contributed by atoms with van der Waals surface area (Å²) in [5, 5.41) is 0. The van der Waals surface area contributed by atoms with Gasteiger partial charge in [-0.2, -0.15) is 0 Å². The van der Waals surface area contributed by atoms with Crippen LogP contribution in [0.15, 0.2) is 18.7 Å². The maximum atomic E-state index is 6.78. The van der Waals surface area contributed by atoms with Crippen molar-refractivity contribution in [3.8, 4) is 0 Å². The Bertz CT molecular complexity index is 124. The Morgan fingerprint density at radius 2 is 3.00 bits per heavy atom. The van der Waals surface area contributed by atoms with E-state index in [1.54, 1.807) is 23.3 Å². The molecule has 1 aromatic heterocycles. The molecule has 1 heterocycles. The number of aromatic nitrogens is 2. The second-order valence-electron chi connectivity index (χ2n) is 1.08. The van der Waals surface area contributed by atoms with E-state index in [4.69, 9.17) is 1.37 Å². The molecule has 0 saturated heterocycles. The maximum Gasteiger partial charge on any atom is 0.0943 e. The lowest BCUT2D eigenvalue weighted by molar-refractivity contribution is 0.913. The van der Waals surface area contributed by atoms with Crippen molar-refractivity contribution < 1.29 is 1.37 Å². The smallest absolute Gasteiger partial charge is 0.0943 e. The van der Waals surface area contributed by atoms with Gasteiger partial charge in [-0.05, 0) is 0 Å². The highest BCUT2D eigenvalue weighted by Gasteiger charge is 1.69. The van der Waals surface area contributed by atoms with Crippen LogP contribution in [-0.4, -0.2) is 9.55 Å². The van der Waals surface area contributed by atoms with Crippen molar-refractivity contribution in [3.05, 3.63) is 18.7 Å². The molecule has 0 atom stereocenters. The molecule has 0 amide bonds. The van der Waals surface area contributed by atoms with Gasteiger partial charge in [-0.1, -0.05) is 0 Å². The van der Waals surface area contributed by atoms with Crippen molar-refractivity contribution in [2.75, 3.05) is 0 Å². The van der Waals surface area contributed by atoms with Gasteiger partial charge < -0.3 is 4.57 Å². The van der Waals surface area contributed by atoms with Gasteiger partial charge in [0.2, 0.25) is 0 Å². The summed E-state index contributed by atoms with van der Waals surface area (Å²) in [6, 6.07) is 0. The topological polar surface area (TPSA) is 17.8 Å². The zero-order valence-corrected chi connectivity index (χ0v) is 3.33. The summed E-state index contributed by atoms with van der Waals surface area (Å²) in [5.41, 5.74) is 0. The van der Waals surface area contributed by atoms with E-state index >= 15 is 0 Å². The summed E-state index contributed by atoms with van der Waals surface area (Å²) in [6.45, 7) is 0. The Hall–Kier alpha value is -0.790. The van der Waals surface area contributed by atoms with Crippen LogP contribution in [0.3, 0.4) is 0 Å². The lowest BCUT2D eigenvalue weighted by atomic mass is 10.9. The average Bonchev–Trinajstić information content (AvgIpc) is 2.14. The number of rotatable bonds is 0. The quantitative estimate of drug-likeness (QED) is 0.445. The molecule has 0 radical (unpaired) electrons. The van der Waals surface area contributed by atoms with Crippen LogP contribution < -0.4 is 0 Å². The van der Waals surface area contributed by atoms with Gasteiger partial charge in [0.25, 0.3) is 0 Å². The van der Waals surface area contributed by atoms with Gasteiger partial charge in [0, 0.05) is 20.8 Å². The molecule has 2 heteroatoms. The Morgan fingerprint density at radius 3 is 3.33 bits per heavy atom. The van der Waals surface area contributed by atoms with Gasteiger partial charge in [0.05, 0.1) is 6.33 Å². The van der Waals surface area contributed by atoms with Gasteiger partial charge in [-0.25, -0.2) is 4.98 Å². The lowest BCUT2D eigenvalue weighted by Crippen LogP contribution is -1.76. The van der Waals surface area contributed by atoms with E-state index in [2.05, 4.69) is 4.98 Å². The lowest BCUT2D eigenvalue weighted by Gasteiger charge is -1.76. The van der Waals surface area contributed by atoms with Gasteiger partial charge >= 0.3 is 0 Å². The highest BCUT2D eigenvalue weighted by molar-refractivity contribution is 4.70. The number of nitrogens with zero attached hydrogens (tertiary/aromatic N) is 2. The minimum absolute atomic E-state index is 0.264. The molecule has 0 aliphatic heterocycles. The van der Waals surface area contributed by atoms with Crippen LogP contribution in [0.5, 0.6) is 0 Å². The maximum absolute atomic E-state index is 6.78. The summed E-state index contributed by atoms with van der Waals surface area (Å²) in [6.07, 6.45) is 5.04. The molecule has 6 heavy (non-hydrogen) atoms. The second kappa shape index (κ2) is 1.12. The molecule has 0 saturated carbocycles. The molecular weight excluding hydrogens is 76.1 g/mol. The van der Waals surface area contributed by atoms with E-state index in [0.29, 0.717) is 0 Å². The molecule has 2 nitrogen and oxygen atoms in total. The molecule has 0 aliphatic rings. The standard InChI is InChI=1S/C4H6N2/c1-6-3-2-5-4-6/h2-4H,1H3/i1T. The van der Waals surface area contributed by atoms with Crippen LogP contribution in [0.2, 0.25) is 0 Å². The van der Waals surface area contributed by atoms with E-state index in [1.807, 2.05) is 0 Å². The number of hydrogen-bond acceptors (Lipinski definition) is 1. The van der Waals surface area contributed by atoms with Gasteiger partial charge in [0.1, 0.15) is 0 Å². The number of imidazole rings is 1. The summed E-state index contributed by atoms with van der Waals surface area (Å²) < 4.78 is 8.46. The Labute approximate surface area is 37.8 Å². The Kier molecular flexibility index (Phi) is 0.449. The fourth-order valence-electron chi connectivity index (χ4n) is 0.287. The fourth-order valence-corrected chi connectivity index (χ4v) is 0.287.